The molecule has 0 amide bonds. The molecule has 1 fully saturated rings. The van der Waals surface area contributed by atoms with Crippen molar-refractivity contribution in [3.8, 4) is 5.88 Å². The molecule has 82 valence electrons. The molecular formula is C10H13ClN2O2. The molecule has 0 saturated carbocycles. The van der Waals surface area contributed by atoms with E-state index in [2.05, 4.69) is 10.3 Å². The fourth-order valence-corrected chi connectivity index (χ4v) is 1.70. The minimum atomic E-state index is -0.0160. The molecule has 15 heavy (non-hydrogen) atoms. The van der Waals surface area contributed by atoms with Gasteiger partial charge in [-0.3, -0.25) is 5.32 Å². The molecule has 0 bridgehead atoms. The summed E-state index contributed by atoms with van der Waals surface area (Å²) in [5, 5.41) is 3.71. The third kappa shape index (κ3) is 2.40. The number of ether oxygens (including phenoxy) is 2. The third-order valence-corrected chi connectivity index (χ3v) is 2.40. The van der Waals surface area contributed by atoms with Crippen molar-refractivity contribution in [1.29, 1.82) is 0 Å². The molecular weight excluding hydrogens is 216 g/mol. The van der Waals surface area contributed by atoms with E-state index in [1.165, 1.54) is 0 Å². The maximum atomic E-state index is 5.90. The average Bonchev–Trinajstić information content (AvgIpc) is 2.74. The Kier molecular flexibility index (Phi) is 3.41. The predicted octanol–water partition coefficient (Wildman–Crippen LogP) is 1.75. The first-order valence-electron chi connectivity index (χ1n) is 4.92. The van der Waals surface area contributed by atoms with E-state index in [-0.39, 0.29) is 6.10 Å². The highest BCUT2D eigenvalue weighted by Crippen LogP contribution is 2.29. The van der Waals surface area contributed by atoms with E-state index in [0.717, 1.165) is 12.1 Å². The fourth-order valence-electron chi connectivity index (χ4n) is 1.54. The summed E-state index contributed by atoms with van der Waals surface area (Å²) in [5.74, 6) is 0.607. The SMILES string of the molecule is CCOc1ncc(Cl)cc1C1CNCO1. The van der Waals surface area contributed by atoms with Crippen LogP contribution in [0.4, 0.5) is 0 Å². The van der Waals surface area contributed by atoms with Gasteiger partial charge in [-0.05, 0) is 13.0 Å². The van der Waals surface area contributed by atoms with Gasteiger partial charge >= 0.3 is 0 Å². The Hall–Kier alpha value is -0.840. The lowest BCUT2D eigenvalue weighted by Crippen LogP contribution is -2.10. The van der Waals surface area contributed by atoms with Crippen molar-refractivity contribution in [1.82, 2.24) is 10.3 Å². The van der Waals surface area contributed by atoms with E-state index >= 15 is 0 Å². The lowest BCUT2D eigenvalue weighted by Gasteiger charge is -2.13. The Bertz CT molecular complexity index is 340. The molecule has 1 unspecified atom stereocenters. The molecule has 1 atom stereocenters. The minimum Gasteiger partial charge on any atom is -0.478 e. The van der Waals surface area contributed by atoms with Gasteiger partial charge < -0.3 is 9.47 Å². The largest absolute Gasteiger partial charge is 0.478 e. The van der Waals surface area contributed by atoms with Gasteiger partial charge in [-0.15, -0.1) is 0 Å². The topological polar surface area (TPSA) is 43.4 Å². The van der Waals surface area contributed by atoms with Crippen LogP contribution in [0.25, 0.3) is 0 Å². The molecule has 1 saturated heterocycles. The highest BCUT2D eigenvalue weighted by Gasteiger charge is 2.22. The molecule has 0 spiro atoms. The maximum Gasteiger partial charge on any atom is 0.219 e. The number of rotatable bonds is 3. The number of pyridine rings is 1. The molecule has 0 aromatic carbocycles. The van der Waals surface area contributed by atoms with Gasteiger partial charge in [0, 0.05) is 18.3 Å². The van der Waals surface area contributed by atoms with E-state index < -0.39 is 0 Å². The molecule has 0 radical (unpaired) electrons. The van der Waals surface area contributed by atoms with Crippen LogP contribution in [0.3, 0.4) is 0 Å². The zero-order valence-electron chi connectivity index (χ0n) is 8.50. The summed E-state index contributed by atoms with van der Waals surface area (Å²) in [7, 11) is 0. The fraction of sp³-hybridized carbons (Fsp3) is 0.500. The van der Waals surface area contributed by atoms with Gasteiger partial charge in [0.2, 0.25) is 5.88 Å². The van der Waals surface area contributed by atoms with Crippen molar-refractivity contribution in [2.24, 2.45) is 0 Å². The van der Waals surface area contributed by atoms with Crippen LogP contribution in [0, 0.1) is 0 Å². The van der Waals surface area contributed by atoms with Crippen LogP contribution in [-0.4, -0.2) is 24.9 Å². The van der Waals surface area contributed by atoms with E-state index in [0.29, 0.717) is 24.2 Å². The first kappa shape index (κ1) is 10.7. The summed E-state index contributed by atoms with van der Waals surface area (Å²) in [5.41, 5.74) is 0.911. The molecule has 0 aliphatic carbocycles. The summed E-state index contributed by atoms with van der Waals surface area (Å²) < 4.78 is 10.9. The second kappa shape index (κ2) is 4.79. The molecule has 2 heterocycles. The van der Waals surface area contributed by atoms with Gasteiger partial charge in [0.1, 0.15) is 6.10 Å². The average molecular weight is 229 g/mol. The number of hydrogen-bond donors (Lipinski definition) is 1. The Balaban J connectivity index is 2.28. The summed E-state index contributed by atoms with van der Waals surface area (Å²) >= 11 is 5.90. The number of nitrogens with one attached hydrogen (secondary N) is 1. The summed E-state index contributed by atoms with van der Waals surface area (Å²) in [6, 6.07) is 1.84. The van der Waals surface area contributed by atoms with Crippen molar-refractivity contribution in [2.75, 3.05) is 19.9 Å². The summed E-state index contributed by atoms with van der Waals surface area (Å²) in [6.07, 6.45) is 1.57. The van der Waals surface area contributed by atoms with E-state index in [1.54, 1.807) is 6.20 Å². The highest BCUT2D eigenvalue weighted by atomic mass is 35.5. The van der Waals surface area contributed by atoms with Gasteiger partial charge in [0.15, 0.2) is 0 Å². The molecule has 1 aromatic heterocycles. The van der Waals surface area contributed by atoms with Crippen molar-refractivity contribution in [3.05, 3.63) is 22.8 Å². The minimum absolute atomic E-state index is 0.0160. The quantitative estimate of drug-likeness (QED) is 0.856. The van der Waals surface area contributed by atoms with Gasteiger partial charge in [0.05, 0.1) is 18.4 Å². The number of halogens is 1. The maximum absolute atomic E-state index is 5.90. The summed E-state index contributed by atoms with van der Waals surface area (Å²) in [6.45, 7) is 3.83. The van der Waals surface area contributed by atoms with Crippen molar-refractivity contribution < 1.29 is 9.47 Å². The van der Waals surface area contributed by atoms with Gasteiger partial charge in [0.25, 0.3) is 0 Å². The van der Waals surface area contributed by atoms with Crippen molar-refractivity contribution >= 4 is 11.6 Å². The van der Waals surface area contributed by atoms with Crippen molar-refractivity contribution in [2.45, 2.75) is 13.0 Å². The molecule has 5 heteroatoms. The normalized spacial score (nSPS) is 20.5. The first-order valence-corrected chi connectivity index (χ1v) is 5.29. The number of nitrogens with zero attached hydrogens (tertiary/aromatic N) is 1. The zero-order valence-corrected chi connectivity index (χ0v) is 9.25. The monoisotopic (exact) mass is 228 g/mol. The molecule has 1 aromatic rings. The molecule has 1 aliphatic heterocycles. The lowest BCUT2D eigenvalue weighted by molar-refractivity contribution is 0.111. The van der Waals surface area contributed by atoms with Crippen molar-refractivity contribution in [3.63, 3.8) is 0 Å². The van der Waals surface area contributed by atoms with E-state index in [9.17, 15) is 0 Å². The Labute approximate surface area is 93.6 Å². The van der Waals surface area contributed by atoms with Crippen LogP contribution in [0.5, 0.6) is 5.88 Å². The molecule has 1 N–H and O–H groups in total. The van der Waals surface area contributed by atoms with Crippen LogP contribution in [0.15, 0.2) is 12.3 Å². The van der Waals surface area contributed by atoms with Crippen LogP contribution < -0.4 is 10.1 Å². The standard InChI is InChI=1S/C10H13ClN2O2/c1-2-14-10-8(3-7(11)4-13-10)9-5-12-6-15-9/h3-4,9,12H,2,5-6H2,1H3. The van der Waals surface area contributed by atoms with Crippen LogP contribution >= 0.6 is 11.6 Å². The number of aromatic nitrogens is 1. The molecule has 2 rings (SSSR count). The number of hydrogen-bond acceptors (Lipinski definition) is 4. The van der Waals surface area contributed by atoms with Crippen LogP contribution in [0.2, 0.25) is 5.02 Å². The van der Waals surface area contributed by atoms with Crippen LogP contribution in [0.1, 0.15) is 18.6 Å². The third-order valence-electron chi connectivity index (χ3n) is 2.19. The molecule has 1 aliphatic rings. The van der Waals surface area contributed by atoms with Gasteiger partial charge in [-0.2, -0.15) is 0 Å². The first-order chi connectivity index (χ1) is 7.31. The van der Waals surface area contributed by atoms with E-state index in [1.807, 2.05) is 13.0 Å². The Morgan fingerprint density at radius 1 is 1.73 bits per heavy atom. The Morgan fingerprint density at radius 3 is 3.27 bits per heavy atom. The molecule has 4 nitrogen and oxygen atoms in total. The smallest absolute Gasteiger partial charge is 0.219 e. The highest BCUT2D eigenvalue weighted by molar-refractivity contribution is 6.30. The van der Waals surface area contributed by atoms with E-state index in [4.69, 9.17) is 21.1 Å². The van der Waals surface area contributed by atoms with Gasteiger partial charge in [-0.25, -0.2) is 4.98 Å². The lowest BCUT2D eigenvalue weighted by atomic mass is 10.1. The van der Waals surface area contributed by atoms with Gasteiger partial charge in [-0.1, -0.05) is 11.6 Å². The Morgan fingerprint density at radius 2 is 2.60 bits per heavy atom. The second-order valence-corrected chi connectivity index (χ2v) is 3.67. The zero-order chi connectivity index (χ0) is 10.7. The second-order valence-electron chi connectivity index (χ2n) is 3.23. The van der Waals surface area contributed by atoms with Crippen LogP contribution in [-0.2, 0) is 4.74 Å². The summed E-state index contributed by atoms with van der Waals surface area (Å²) in [4.78, 5) is 4.15. The predicted molar refractivity (Wildman–Crippen MR) is 57.1 cm³/mol.